The maximum atomic E-state index is 6.46. The Hall–Kier alpha value is -6.38. The van der Waals surface area contributed by atoms with Crippen molar-refractivity contribution in [3.05, 3.63) is 188 Å². The number of hydrogen-bond donors (Lipinski definition) is 0. The molecule has 2 nitrogen and oxygen atoms in total. The Bertz CT molecular complexity index is 2450. The van der Waals surface area contributed by atoms with E-state index in [-0.39, 0.29) is 0 Å². The van der Waals surface area contributed by atoms with E-state index in [4.69, 9.17) is 4.42 Å². The van der Waals surface area contributed by atoms with Crippen LogP contribution in [-0.2, 0) is 0 Å². The van der Waals surface area contributed by atoms with E-state index >= 15 is 0 Å². The van der Waals surface area contributed by atoms with Crippen molar-refractivity contribution in [2.24, 2.45) is 0 Å². The van der Waals surface area contributed by atoms with Crippen molar-refractivity contribution in [3.8, 4) is 33.4 Å². The number of para-hydroxylation sites is 2. The van der Waals surface area contributed by atoms with Gasteiger partial charge in [-0.3, -0.25) is 0 Å². The van der Waals surface area contributed by atoms with Crippen LogP contribution in [0.4, 0.5) is 17.1 Å². The van der Waals surface area contributed by atoms with Crippen molar-refractivity contribution in [2.45, 2.75) is 0 Å². The molecule has 0 aliphatic carbocycles. The monoisotopic (exact) mass is 613 g/mol. The predicted molar refractivity (Wildman–Crippen MR) is 202 cm³/mol. The topological polar surface area (TPSA) is 16.4 Å². The largest absolute Gasteiger partial charge is 0.455 e. The van der Waals surface area contributed by atoms with E-state index in [0.29, 0.717) is 0 Å². The molecule has 0 aliphatic heterocycles. The quantitative estimate of drug-likeness (QED) is 0.185. The van der Waals surface area contributed by atoms with Gasteiger partial charge in [0, 0.05) is 33.1 Å². The summed E-state index contributed by atoms with van der Waals surface area (Å²) in [5, 5.41) is 4.53. The molecule has 0 atom stereocenters. The molecule has 0 radical (unpaired) electrons. The molecule has 0 spiro atoms. The van der Waals surface area contributed by atoms with E-state index in [0.717, 1.165) is 55.3 Å². The summed E-state index contributed by atoms with van der Waals surface area (Å²) in [6, 6.07) is 66.9. The summed E-state index contributed by atoms with van der Waals surface area (Å²) >= 11 is 0. The summed E-state index contributed by atoms with van der Waals surface area (Å²) in [6.45, 7) is 0. The van der Waals surface area contributed by atoms with Gasteiger partial charge in [-0.05, 0) is 75.7 Å². The van der Waals surface area contributed by atoms with E-state index in [9.17, 15) is 0 Å². The van der Waals surface area contributed by atoms with Crippen LogP contribution in [0.3, 0.4) is 0 Å². The molecule has 9 aromatic rings. The minimum atomic E-state index is 0.904. The maximum Gasteiger partial charge on any atom is 0.143 e. The van der Waals surface area contributed by atoms with Gasteiger partial charge in [0.15, 0.2) is 0 Å². The number of nitrogens with zero attached hydrogens (tertiary/aromatic N) is 1. The van der Waals surface area contributed by atoms with Gasteiger partial charge in [-0.25, -0.2) is 0 Å². The second-order valence-corrected chi connectivity index (χ2v) is 12.1. The van der Waals surface area contributed by atoms with Crippen molar-refractivity contribution in [3.63, 3.8) is 0 Å². The lowest BCUT2D eigenvalue weighted by molar-refractivity contribution is 0.672. The number of benzene rings is 8. The van der Waals surface area contributed by atoms with Crippen molar-refractivity contribution in [2.75, 3.05) is 4.90 Å². The SMILES string of the molecule is c1ccc(-c2ccc(N(c3ccc(-c4ccccc4)cc3)c3ccccc3-c3cc4c5ccccc5oc4c4ccccc34)cc2)cc1. The zero-order valence-corrected chi connectivity index (χ0v) is 26.3. The second kappa shape index (κ2) is 11.8. The van der Waals surface area contributed by atoms with Crippen molar-refractivity contribution in [1.29, 1.82) is 0 Å². The van der Waals surface area contributed by atoms with Gasteiger partial charge in [-0.15, -0.1) is 0 Å². The van der Waals surface area contributed by atoms with Crippen LogP contribution < -0.4 is 4.90 Å². The van der Waals surface area contributed by atoms with Crippen molar-refractivity contribution < 1.29 is 4.42 Å². The Kier molecular flexibility index (Phi) is 6.84. The first-order valence-corrected chi connectivity index (χ1v) is 16.4. The van der Waals surface area contributed by atoms with Crippen LogP contribution in [0.15, 0.2) is 192 Å². The minimum absolute atomic E-state index is 0.904. The highest BCUT2D eigenvalue weighted by Crippen LogP contribution is 2.46. The highest BCUT2D eigenvalue weighted by molar-refractivity contribution is 6.19. The van der Waals surface area contributed by atoms with Gasteiger partial charge in [0.2, 0.25) is 0 Å². The Morgan fingerprint density at radius 3 is 1.44 bits per heavy atom. The number of hydrogen-bond acceptors (Lipinski definition) is 2. The molecule has 226 valence electrons. The van der Waals surface area contributed by atoms with Crippen LogP contribution in [0.25, 0.3) is 66.1 Å². The third kappa shape index (κ3) is 4.83. The lowest BCUT2D eigenvalue weighted by atomic mass is 9.93. The Labute approximate surface area is 279 Å². The first-order valence-electron chi connectivity index (χ1n) is 16.4. The average Bonchev–Trinajstić information content (AvgIpc) is 3.55. The summed E-state index contributed by atoms with van der Waals surface area (Å²) in [7, 11) is 0. The molecule has 0 N–H and O–H groups in total. The number of fused-ring (bicyclic) bond motifs is 5. The first kappa shape index (κ1) is 27.9. The molecule has 0 aliphatic rings. The zero-order chi connectivity index (χ0) is 31.9. The standard InChI is InChI=1S/C46H31NO/c1-3-13-32(14-4-1)34-23-27-36(28-24-34)47(37-29-25-35(26-30-37)33-15-5-2-6-16-33)44-21-11-9-18-39(44)42-31-43-40-19-10-12-22-45(40)48-46(43)41-20-8-7-17-38(41)42/h1-31H. The predicted octanol–water partition coefficient (Wildman–Crippen LogP) is 13.2. The third-order valence-corrected chi connectivity index (χ3v) is 9.28. The molecule has 0 fully saturated rings. The molecule has 0 amide bonds. The summed E-state index contributed by atoms with van der Waals surface area (Å²) < 4.78 is 6.46. The highest BCUT2D eigenvalue weighted by Gasteiger charge is 2.21. The maximum absolute atomic E-state index is 6.46. The smallest absolute Gasteiger partial charge is 0.143 e. The van der Waals surface area contributed by atoms with Crippen LogP contribution in [-0.4, -0.2) is 0 Å². The van der Waals surface area contributed by atoms with E-state index in [1.807, 2.05) is 6.07 Å². The van der Waals surface area contributed by atoms with Crippen LogP contribution in [0.1, 0.15) is 0 Å². The number of furan rings is 1. The van der Waals surface area contributed by atoms with Crippen LogP contribution in [0, 0.1) is 0 Å². The fraction of sp³-hybridized carbons (Fsp3) is 0. The summed E-state index contributed by atoms with van der Waals surface area (Å²) in [5.41, 5.74) is 12.2. The number of rotatable bonds is 6. The van der Waals surface area contributed by atoms with Gasteiger partial charge in [0.1, 0.15) is 11.2 Å². The van der Waals surface area contributed by atoms with Gasteiger partial charge in [-0.2, -0.15) is 0 Å². The lowest BCUT2D eigenvalue weighted by Crippen LogP contribution is -2.11. The van der Waals surface area contributed by atoms with E-state index in [1.165, 1.54) is 27.8 Å². The Balaban J connectivity index is 1.26. The molecule has 0 bridgehead atoms. The van der Waals surface area contributed by atoms with E-state index in [1.54, 1.807) is 0 Å². The normalized spacial score (nSPS) is 11.3. The van der Waals surface area contributed by atoms with Crippen LogP contribution in [0.2, 0.25) is 0 Å². The molecule has 9 rings (SSSR count). The molecular formula is C46H31NO. The molecule has 8 aromatic carbocycles. The fourth-order valence-electron chi connectivity index (χ4n) is 6.96. The molecule has 1 heterocycles. The highest BCUT2D eigenvalue weighted by atomic mass is 16.3. The first-order chi connectivity index (χ1) is 23.8. The average molecular weight is 614 g/mol. The van der Waals surface area contributed by atoms with E-state index in [2.05, 4.69) is 187 Å². The van der Waals surface area contributed by atoms with Gasteiger partial charge in [0.05, 0.1) is 5.69 Å². The van der Waals surface area contributed by atoms with Crippen LogP contribution >= 0.6 is 0 Å². The molecular weight excluding hydrogens is 583 g/mol. The molecule has 1 aromatic heterocycles. The molecule has 0 saturated carbocycles. The van der Waals surface area contributed by atoms with Gasteiger partial charge in [0.25, 0.3) is 0 Å². The second-order valence-electron chi connectivity index (χ2n) is 12.1. The van der Waals surface area contributed by atoms with Crippen molar-refractivity contribution in [1.82, 2.24) is 0 Å². The molecule has 2 heteroatoms. The van der Waals surface area contributed by atoms with Gasteiger partial charge in [-0.1, -0.05) is 146 Å². The van der Waals surface area contributed by atoms with Crippen molar-refractivity contribution >= 4 is 49.8 Å². The van der Waals surface area contributed by atoms with Crippen LogP contribution in [0.5, 0.6) is 0 Å². The van der Waals surface area contributed by atoms with Gasteiger partial charge >= 0.3 is 0 Å². The van der Waals surface area contributed by atoms with E-state index < -0.39 is 0 Å². The molecule has 48 heavy (non-hydrogen) atoms. The number of anilines is 3. The molecule has 0 unspecified atom stereocenters. The van der Waals surface area contributed by atoms with Gasteiger partial charge < -0.3 is 9.32 Å². The third-order valence-electron chi connectivity index (χ3n) is 9.28. The Morgan fingerprint density at radius 1 is 0.333 bits per heavy atom. The lowest BCUT2D eigenvalue weighted by Gasteiger charge is -2.28. The zero-order valence-electron chi connectivity index (χ0n) is 26.3. The Morgan fingerprint density at radius 2 is 0.812 bits per heavy atom. The summed E-state index contributed by atoms with van der Waals surface area (Å²) in [5.74, 6) is 0. The minimum Gasteiger partial charge on any atom is -0.455 e. The summed E-state index contributed by atoms with van der Waals surface area (Å²) in [4.78, 5) is 2.38. The molecule has 0 saturated heterocycles. The summed E-state index contributed by atoms with van der Waals surface area (Å²) in [6.07, 6.45) is 0. The fourth-order valence-corrected chi connectivity index (χ4v) is 6.96.